The largest absolute Gasteiger partial charge is 0.367 e. The molecule has 1 heterocycles. The van der Waals surface area contributed by atoms with E-state index in [4.69, 9.17) is 5.26 Å². The third-order valence-electron chi connectivity index (χ3n) is 3.61. The van der Waals surface area contributed by atoms with E-state index in [9.17, 15) is 0 Å². The maximum absolute atomic E-state index is 8.97. The topological polar surface area (TPSA) is 48.7 Å². The van der Waals surface area contributed by atoms with E-state index in [2.05, 4.69) is 30.2 Å². The maximum Gasteiger partial charge on any atom is 0.127 e. The lowest BCUT2D eigenvalue weighted by molar-refractivity contribution is 0.280. The number of aromatic nitrogens is 1. The highest BCUT2D eigenvalue weighted by Crippen LogP contribution is 2.30. The van der Waals surface area contributed by atoms with Gasteiger partial charge in [-0.05, 0) is 50.2 Å². The van der Waals surface area contributed by atoms with Crippen LogP contribution in [-0.2, 0) is 0 Å². The Morgan fingerprint density at radius 2 is 1.89 bits per heavy atom. The molecule has 1 aliphatic rings. The molecule has 1 saturated carbocycles. The highest BCUT2D eigenvalue weighted by atomic mass is 15.0. The zero-order valence-electron chi connectivity index (χ0n) is 11.4. The van der Waals surface area contributed by atoms with Crippen LogP contribution in [0.1, 0.15) is 44.4 Å². The number of anilines is 1. The fourth-order valence-electron chi connectivity index (χ4n) is 3.08. The molecule has 0 saturated heterocycles. The van der Waals surface area contributed by atoms with Crippen LogP contribution in [0.2, 0.25) is 0 Å². The Kier molecular flexibility index (Phi) is 3.86. The number of hydrogen-bond donors (Lipinski definition) is 1. The molecule has 0 radical (unpaired) electrons. The molecular weight excluding hydrogens is 222 g/mol. The Morgan fingerprint density at radius 1 is 1.22 bits per heavy atom. The van der Waals surface area contributed by atoms with Crippen molar-refractivity contribution in [2.75, 3.05) is 5.32 Å². The zero-order valence-corrected chi connectivity index (χ0v) is 11.4. The minimum absolute atomic E-state index is 0.490. The van der Waals surface area contributed by atoms with E-state index >= 15 is 0 Å². The Morgan fingerprint density at radius 3 is 2.50 bits per heavy atom. The van der Waals surface area contributed by atoms with E-state index in [1.54, 1.807) is 0 Å². The standard InChI is InChI=1S/C15H21N3/c1-10-4-11(2)6-14(5-10)18-15-8-13(9-16)7-12(3)17-15/h7-8,10-11,14H,4-6H2,1-3H3,(H,17,18). The van der Waals surface area contributed by atoms with Gasteiger partial charge in [0.1, 0.15) is 5.82 Å². The summed E-state index contributed by atoms with van der Waals surface area (Å²) in [5.74, 6) is 2.39. The first-order chi connectivity index (χ1) is 8.56. The molecular formula is C15H21N3. The number of hydrogen-bond acceptors (Lipinski definition) is 3. The average molecular weight is 243 g/mol. The van der Waals surface area contributed by atoms with Crippen molar-refractivity contribution < 1.29 is 0 Å². The molecule has 1 aliphatic carbocycles. The van der Waals surface area contributed by atoms with E-state index < -0.39 is 0 Å². The lowest BCUT2D eigenvalue weighted by Crippen LogP contribution is -2.30. The normalized spacial score (nSPS) is 27.6. The van der Waals surface area contributed by atoms with Crippen LogP contribution in [0.5, 0.6) is 0 Å². The summed E-state index contributed by atoms with van der Waals surface area (Å²) in [4.78, 5) is 4.46. The van der Waals surface area contributed by atoms with Crippen LogP contribution in [0.4, 0.5) is 5.82 Å². The summed E-state index contributed by atoms with van der Waals surface area (Å²) in [7, 11) is 0. The lowest BCUT2D eigenvalue weighted by Gasteiger charge is -2.32. The van der Waals surface area contributed by atoms with Crippen molar-refractivity contribution in [2.45, 2.75) is 46.1 Å². The molecule has 18 heavy (non-hydrogen) atoms. The molecule has 0 bridgehead atoms. The van der Waals surface area contributed by atoms with Gasteiger partial charge in [0.05, 0.1) is 11.6 Å². The van der Waals surface area contributed by atoms with Crippen molar-refractivity contribution in [1.82, 2.24) is 4.98 Å². The Hall–Kier alpha value is -1.56. The number of rotatable bonds is 2. The second-order valence-corrected chi connectivity index (χ2v) is 5.75. The summed E-state index contributed by atoms with van der Waals surface area (Å²) in [6.45, 7) is 6.56. The summed E-state index contributed by atoms with van der Waals surface area (Å²) >= 11 is 0. The van der Waals surface area contributed by atoms with Crippen LogP contribution in [0.25, 0.3) is 0 Å². The van der Waals surface area contributed by atoms with Crippen molar-refractivity contribution in [1.29, 1.82) is 5.26 Å². The van der Waals surface area contributed by atoms with Crippen LogP contribution in [-0.4, -0.2) is 11.0 Å². The lowest BCUT2D eigenvalue weighted by atomic mass is 9.80. The molecule has 1 fully saturated rings. The van der Waals surface area contributed by atoms with Gasteiger partial charge in [0.15, 0.2) is 0 Å². The molecule has 0 aliphatic heterocycles. The predicted octanol–water partition coefficient (Wildman–Crippen LogP) is 3.50. The van der Waals surface area contributed by atoms with Crippen molar-refractivity contribution >= 4 is 5.82 Å². The van der Waals surface area contributed by atoms with Gasteiger partial charge in [-0.25, -0.2) is 4.98 Å². The van der Waals surface area contributed by atoms with Crippen LogP contribution in [0.3, 0.4) is 0 Å². The van der Waals surface area contributed by atoms with Gasteiger partial charge in [-0.1, -0.05) is 13.8 Å². The van der Waals surface area contributed by atoms with Gasteiger partial charge in [-0.3, -0.25) is 0 Å². The smallest absolute Gasteiger partial charge is 0.127 e. The van der Waals surface area contributed by atoms with Crippen molar-refractivity contribution in [2.24, 2.45) is 11.8 Å². The van der Waals surface area contributed by atoms with Crippen LogP contribution in [0, 0.1) is 30.1 Å². The summed E-state index contributed by atoms with van der Waals surface area (Å²) in [6, 6.07) is 6.33. The minimum atomic E-state index is 0.490. The van der Waals surface area contributed by atoms with Gasteiger partial charge in [-0.15, -0.1) is 0 Å². The monoisotopic (exact) mass is 243 g/mol. The van der Waals surface area contributed by atoms with E-state index in [-0.39, 0.29) is 0 Å². The maximum atomic E-state index is 8.97. The van der Waals surface area contributed by atoms with Crippen molar-refractivity contribution in [3.63, 3.8) is 0 Å². The highest BCUT2D eigenvalue weighted by molar-refractivity contribution is 5.45. The Balaban J connectivity index is 2.09. The minimum Gasteiger partial charge on any atom is -0.367 e. The second kappa shape index (κ2) is 5.39. The van der Waals surface area contributed by atoms with Gasteiger partial charge in [0, 0.05) is 11.7 Å². The van der Waals surface area contributed by atoms with Crippen molar-refractivity contribution in [3.05, 3.63) is 23.4 Å². The number of nitriles is 1. The molecule has 2 atom stereocenters. The Labute approximate surface area is 109 Å². The first-order valence-corrected chi connectivity index (χ1v) is 6.72. The highest BCUT2D eigenvalue weighted by Gasteiger charge is 2.24. The van der Waals surface area contributed by atoms with E-state index in [0.29, 0.717) is 11.6 Å². The SMILES string of the molecule is Cc1cc(C#N)cc(NC2CC(C)CC(C)C2)n1. The summed E-state index contributed by atoms with van der Waals surface area (Å²) < 4.78 is 0. The van der Waals surface area contributed by atoms with Gasteiger partial charge in [-0.2, -0.15) is 5.26 Å². The molecule has 96 valence electrons. The number of nitrogens with one attached hydrogen (secondary N) is 1. The summed E-state index contributed by atoms with van der Waals surface area (Å²) in [6.07, 6.45) is 3.71. The third-order valence-corrected chi connectivity index (χ3v) is 3.61. The second-order valence-electron chi connectivity index (χ2n) is 5.75. The molecule has 3 heteroatoms. The van der Waals surface area contributed by atoms with Crippen molar-refractivity contribution in [3.8, 4) is 6.07 Å². The van der Waals surface area contributed by atoms with E-state index in [1.807, 2.05) is 19.1 Å². The number of pyridine rings is 1. The Bertz CT molecular complexity index is 451. The average Bonchev–Trinajstić information content (AvgIpc) is 2.26. The number of aryl methyl sites for hydroxylation is 1. The summed E-state index contributed by atoms with van der Waals surface area (Å²) in [5.41, 5.74) is 1.58. The first kappa shape index (κ1) is 12.9. The molecule has 1 aromatic heterocycles. The molecule has 0 spiro atoms. The zero-order chi connectivity index (χ0) is 13.1. The molecule has 1 N–H and O–H groups in total. The van der Waals surface area contributed by atoms with E-state index in [1.165, 1.54) is 19.3 Å². The molecule has 2 unspecified atom stereocenters. The van der Waals surface area contributed by atoms with E-state index in [0.717, 1.165) is 23.3 Å². The quantitative estimate of drug-likeness (QED) is 0.864. The van der Waals surface area contributed by atoms with Crippen LogP contribution < -0.4 is 5.32 Å². The predicted molar refractivity (Wildman–Crippen MR) is 73.3 cm³/mol. The summed E-state index contributed by atoms with van der Waals surface area (Å²) in [5, 5.41) is 12.5. The fraction of sp³-hybridized carbons (Fsp3) is 0.600. The number of nitrogens with zero attached hydrogens (tertiary/aromatic N) is 2. The van der Waals surface area contributed by atoms with Crippen LogP contribution in [0.15, 0.2) is 12.1 Å². The third kappa shape index (κ3) is 3.22. The fourth-order valence-corrected chi connectivity index (χ4v) is 3.08. The van der Waals surface area contributed by atoms with Gasteiger partial charge in [0.2, 0.25) is 0 Å². The molecule has 0 aromatic carbocycles. The first-order valence-electron chi connectivity index (χ1n) is 6.72. The molecule has 3 nitrogen and oxygen atoms in total. The van der Waals surface area contributed by atoms with Gasteiger partial charge >= 0.3 is 0 Å². The molecule has 1 aromatic rings. The molecule has 0 amide bonds. The van der Waals surface area contributed by atoms with Crippen LogP contribution >= 0.6 is 0 Å². The van der Waals surface area contributed by atoms with Gasteiger partial charge in [0.25, 0.3) is 0 Å². The molecule has 2 rings (SSSR count). The van der Waals surface area contributed by atoms with Gasteiger partial charge < -0.3 is 5.32 Å².